The minimum absolute atomic E-state index is 0.0386. The van der Waals surface area contributed by atoms with E-state index in [2.05, 4.69) is 224 Å². The van der Waals surface area contributed by atoms with Gasteiger partial charge in [-0.05, 0) is 132 Å². The maximum atomic E-state index is 6.04. The van der Waals surface area contributed by atoms with Crippen LogP contribution in [0.25, 0.3) is 180 Å². The second-order valence-corrected chi connectivity index (χ2v) is 33.5. The van der Waals surface area contributed by atoms with Gasteiger partial charge >= 0.3 is 0 Å². The zero-order valence-corrected chi connectivity index (χ0v) is 70.0. The molecule has 12 heteroatoms. The van der Waals surface area contributed by atoms with E-state index in [0.29, 0.717) is 46.6 Å². The van der Waals surface area contributed by atoms with Crippen molar-refractivity contribution in [2.75, 3.05) is 0 Å². The standard InChI is InChI=1S/2C59H37N5O/c1-4-16-36(17-5-1)56-60-51(34-52(61-56)42-23-11-10-22-41(42)50-35-65-53-27-15-14-24-43(50)53)39-28-30-46-48(32-39)54-44-25-12-13-26-45(44)55(46)49-33-40(29-31-47(49)54)59-63-57(37-18-6-2-7-19-37)62-58(64-59)38-20-8-3-9-21-38;1-4-15-36(16-5-1)56-60-51(40-22-14-21-39(31-40)50-35-65-53-26-13-12-23-43(50)53)34-52(61-56)41-27-29-46-48(32-41)54-44-24-10-11-25-45(44)55(46)49-33-42(28-30-47(49)54)59-63-57(37-17-6-2-7-18-37)62-58(64-59)38-19-8-3-9-20-38/h2*1-35,54-55H. The fourth-order valence-electron chi connectivity index (χ4n) is 20.0. The van der Waals surface area contributed by atoms with Gasteiger partial charge in [-0.15, -0.1) is 0 Å². The Balaban J connectivity index is 0.000000140. The molecule has 0 fully saturated rings. The molecule has 16 aromatic carbocycles. The van der Waals surface area contributed by atoms with Gasteiger partial charge in [0.05, 0.1) is 35.3 Å². The molecule has 0 saturated heterocycles. The third kappa shape index (κ3) is 13.2. The first-order valence-electron chi connectivity index (χ1n) is 43.9. The summed E-state index contributed by atoms with van der Waals surface area (Å²) in [6.45, 7) is 0. The van der Waals surface area contributed by atoms with Crippen molar-refractivity contribution in [3.05, 3.63) is 492 Å². The van der Waals surface area contributed by atoms with E-state index < -0.39 is 0 Å². The Labute approximate surface area is 749 Å². The van der Waals surface area contributed by atoms with Crippen LogP contribution in [0.5, 0.6) is 0 Å². The van der Waals surface area contributed by atoms with Gasteiger partial charge in [-0.1, -0.05) is 358 Å². The summed E-state index contributed by atoms with van der Waals surface area (Å²) < 4.78 is 12.0. The topological polar surface area (TPSA) is 155 Å². The quantitative estimate of drug-likeness (QED) is 0.102. The fraction of sp³-hybridized carbons (Fsp3) is 0.0339. The smallest absolute Gasteiger partial charge is 0.164 e. The lowest BCUT2D eigenvalue weighted by Gasteiger charge is -2.42. The van der Waals surface area contributed by atoms with Gasteiger partial charge < -0.3 is 8.83 Å². The van der Waals surface area contributed by atoms with E-state index in [1.165, 1.54) is 66.8 Å². The largest absolute Gasteiger partial charge is 0.464 e. The van der Waals surface area contributed by atoms with Crippen molar-refractivity contribution in [3.8, 4) is 158 Å². The summed E-state index contributed by atoms with van der Waals surface area (Å²) >= 11 is 0. The first-order chi connectivity index (χ1) is 64.4. The molecule has 130 heavy (non-hydrogen) atoms. The van der Waals surface area contributed by atoms with Crippen LogP contribution >= 0.6 is 0 Å². The summed E-state index contributed by atoms with van der Waals surface area (Å²) in [5.74, 6) is 5.45. The van der Waals surface area contributed by atoms with E-state index in [9.17, 15) is 0 Å². The molecule has 0 amide bonds. The Morgan fingerprint density at radius 1 is 0.146 bits per heavy atom. The van der Waals surface area contributed by atoms with Crippen LogP contribution < -0.4 is 0 Å². The Morgan fingerprint density at radius 3 is 0.785 bits per heavy atom. The normalized spacial score (nSPS) is 14.5. The molecule has 4 bridgehead atoms. The number of benzene rings is 16. The summed E-state index contributed by atoms with van der Waals surface area (Å²) in [5, 5.41) is 2.15. The number of hydrogen-bond acceptors (Lipinski definition) is 12. The number of furan rings is 2. The summed E-state index contributed by atoms with van der Waals surface area (Å²) in [6, 6.07) is 144. The highest BCUT2D eigenvalue weighted by Crippen LogP contribution is 2.59. The molecular weight excluding hydrogens is 1590 g/mol. The summed E-state index contributed by atoms with van der Waals surface area (Å²) in [4.78, 5) is 51.3. The Hall–Kier alpha value is -17.2. The van der Waals surface area contributed by atoms with E-state index in [1.54, 1.807) is 0 Å². The number of aromatic nitrogens is 10. The van der Waals surface area contributed by atoms with Gasteiger partial charge in [0, 0.05) is 112 Å². The molecule has 608 valence electrons. The minimum Gasteiger partial charge on any atom is -0.464 e. The van der Waals surface area contributed by atoms with Crippen molar-refractivity contribution < 1.29 is 8.83 Å². The number of rotatable bonds is 14. The zero-order chi connectivity index (χ0) is 85.7. The van der Waals surface area contributed by atoms with Crippen LogP contribution in [-0.4, -0.2) is 49.8 Å². The van der Waals surface area contributed by atoms with E-state index in [4.69, 9.17) is 58.7 Å². The minimum atomic E-state index is 0.0386. The van der Waals surface area contributed by atoms with Crippen LogP contribution in [0.1, 0.15) is 90.4 Å². The molecule has 4 unspecified atom stereocenters. The van der Waals surface area contributed by atoms with Crippen LogP contribution in [0.4, 0.5) is 0 Å². The first-order valence-corrected chi connectivity index (χ1v) is 43.9. The maximum absolute atomic E-state index is 6.04. The predicted octanol–water partition coefficient (Wildman–Crippen LogP) is 28.1. The van der Waals surface area contributed by atoms with E-state index in [0.717, 1.165) is 134 Å². The van der Waals surface area contributed by atoms with Crippen molar-refractivity contribution in [3.63, 3.8) is 0 Å². The van der Waals surface area contributed by atoms with E-state index in [-0.39, 0.29) is 23.7 Å². The Morgan fingerprint density at radius 2 is 0.400 bits per heavy atom. The van der Waals surface area contributed by atoms with Crippen molar-refractivity contribution in [1.29, 1.82) is 0 Å². The lowest BCUT2D eigenvalue weighted by Crippen LogP contribution is -2.27. The molecule has 6 aliphatic carbocycles. The average molecular weight is 1660 g/mol. The fourth-order valence-corrected chi connectivity index (χ4v) is 20.0. The maximum Gasteiger partial charge on any atom is 0.164 e. The summed E-state index contributed by atoms with van der Waals surface area (Å²) in [7, 11) is 0. The molecule has 28 rings (SSSR count). The molecule has 0 N–H and O–H groups in total. The summed E-state index contributed by atoms with van der Waals surface area (Å²) in [5.41, 5.74) is 37.0. The molecule has 0 saturated carbocycles. The SMILES string of the molecule is c1ccc(-c2nc(-c3ccc4c(c3)C3c5ccccc5C4c4cc(-c5nc(-c6ccccc6)nc(-c6ccccc6)n5)ccc43)cc(-c3ccccc3-c3coc4ccccc34)n2)cc1.c1ccc(-c2nc(-c3cccc(-c4coc5ccccc45)c3)cc(-c3ccc4c(c3)C3c5ccccc5C4c4cc(-c5nc(-c6ccccc6)nc(-c6ccccc6)n5)ccc43)n2)cc1. The highest BCUT2D eigenvalue weighted by molar-refractivity contribution is 5.99. The van der Waals surface area contributed by atoms with Gasteiger partial charge in [-0.3, -0.25) is 0 Å². The van der Waals surface area contributed by atoms with Gasteiger partial charge in [0.15, 0.2) is 46.6 Å². The van der Waals surface area contributed by atoms with Gasteiger partial charge in [-0.2, -0.15) is 0 Å². The summed E-state index contributed by atoms with van der Waals surface area (Å²) in [6.07, 6.45) is 3.70. The number of para-hydroxylation sites is 2. The van der Waals surface area contributed by atoms with E-state index >= 15 is 0 Å². The molecular formula is C118H74N10O2. The lowest BCUT2D eigenvalue weighted by atomic mass is 9.60. The molecule has 6 aliphatic rings. The van der Waals surface area contributed by atoms with Gasteiger partial charge in [0.1, 0.15) is 11.2 Å². The third-order valence-electron chi connectivity index (χ3n) is 26.0. The zero-order valence-electron chi connectivity index (χ0n) is 70.0. The molecule has 0 aliphatic heterocycles. The first kappa shape index (κ1) is 75.3. The van der Waals surface area contributed by atoms with Crippen LogP contribution in [0.3, 0.4) is 0 Å². The van der Waals surface area contributed by atoms with Crippen LogP contribution in [0.2, 0.25) is 0 Å². The van der Waals surface area contributed by atoms with Gasteiger partial charge in [0.2, 0.25) is 0 Å². The predicted molar refractivity (Wildman–Crippen MR) is 516 cm³/mol. The molecule has 6 aromatic heterocycles. The molecule has 12 nitrogen and oxygen atoms in total. The van der Waals surface area contributed by atoms with E-state index in [1.807, 2.05) is 201 Å². The highest BCUT2D eigenvalue weighted by atomic mass is 16.3. The lowest BCUT2D eigenvalue weighted by molar-refractivity contribution is 0.616. The Bertz CT molecular complexity index is 8080. The monoisotopic (exact) mass is 1660 g/mol. The molecule has 0 spiro atoms. The van der Waals surface area contributed by atoms with Crippen molar-refractivity contribution >= 4 is 21.9 Å². The van der Waals surface area contributed by atoms with Gasteiger partial charge in [-0.25, -0.2) is 49.8 Å². The van der Waals surface area contributed by atoms with Crippen LogP contribution in [-0.2, 0) is 0 Å². The number of hydrogen-bond donors (Lipinski definition) is 0. The number of nitrogens with zero attached hydrogens (tertiary/aromatic N) is 10. The third-order valence-corrected chi connectivity index (χ3v) is 26.0. The van der Waals surface area contributed by atoms with Crippen molar-refractivity contribution in [2.24, 2.45) is 0 Å². The van der Waals surface area contributed by atoms with Crippen LogP contribution in [0, 0.1) is 0 Å². The second-order valence-electron chi connectivity index (χ2n) is 33.5. The Kier molecular flexibility index (Phi) is 18.2. The van der Waals surface area contributed by atoms with Crippen LogP contribution in [0.15, 0.2) is 434 Å². The average Bonchev–Trinajstić information content (AvgIpc) is 0.753. The second kappa shape index (κ2) is 31.5. The van der Waals surface area contributed by atoms with Crippen molar-refractivity contribution in [2.45, 2.75) is 23.7 Å². The molecule has 6 heterocycles. The molecule has 0 radical (unpaired) electrons. The number of fused-ring (bicyclic) bond motifs is 2. The molecule has 22 aromatic rings. The van der Waals surface area contributed by atoms with Gasteiger partial charge in [0.25, 0.3) is 0 Å². The van der Waals surface area contributed by atoms with Crippen molar-refractivity contribution in [1.82, 2.24) is 49.8 Å². The molecule has 4 atom stereocenters. The highest BCUT2D eigenvalue weighted by Gasteiger charge is 2.44.